The molecule has 1 aromatic carbocycles. The van der Waals surface area contributed by atoms with Gasteiger partial charge in [0.2, 0.25) is 5.91 Å². The van der Waals surface area contributed by atoms with Crippen molar-refractivity contribution in [3.8, 4) is 0 Å². The summed E-state index contributed by atoms with van der Waals surface area (Å²) in [5.74, 6) is 0.501. The highest BCUT2D eigenvalue weighted by Crippen LogP contribution is 2.25. The zero-order valence-electron chi connectivity index (χ0n) is 17.5. The average molecular weight is 413 g/mol. The highest BCUT2D eigenvalue weighted by atomic mass is 32.1. The predicted molar refractivity (Wildman–Crippen MR) is 121 cm³/mol. The molecule has 0 unspecified atom stereocenters. The quantitative estimate of drug-likeness (QED) is 0.764. The van der Waals surface area contributed by atoms with E-state index in [2.05, 4.69) is 65.0 Å². The van der Waals surface area contributed by atoms with Gasteiger partial charge in [-0.25, -0.2) is 0 Å². The van der Waals surface area contributed by atoms with E-state index in [9.17, 15) is 4.79 Å². The zero-order valence-corrected chi connectivity index (χ0v) is 18.3. The van der Waals surface area contributed by atoms with E-state index < -0.39 is 0 Å². The average Bonchev–Trinajstić information content (AvgIpc) is 3.30. The third kappa shape index (κ3) is 5.01. The number of amides is 1. The summed E-state index contributed by atoms with van der Waals surface area (Å²) >= 11 is 1.83. The molecule has 2 aromatic rings. The monoisotopic (exact) mass is 412 g/mol. The van der Waals surface area contributed by atoms with Crippen molar-refractivity contribution < 1.29 is 9.69 Å². The van der Waals surface area contributed by atoms with Gasteiger partial charge in [0.25, 0.3) is 0 Å². The van der Waals surface area contributed by atoms with E-state index in [-0.39, 0.29) is 17.9 Å². The molecule has 2 fully saturated rings. The first kappa shape index (κ1) is 20.4. The molecule has 4 nitrogen and oxygen atoms in total. The van der Waals surface area contributed by atoms with Crippen molar-refractivity contribution >= 4 is 22.9 Å². The number of hydrogen-bond acceptors (Lipinski definition) is 3. The van der Waals surface area contributed by atoms with Gasteiger partial charge >= 0.3 is 0 Å². The van der Waals surface area contributed by atoms with Crippen LogP contribution in [0.2, 0.25) is 0 Å². The van der Waals surface area contributed by atoms with Gasteiger partial charge in [0.15, 0.2) is 0 Å². The molecule has 1 aliphatic carbocycles. The topological polar surface area (TPSA) is 36.8 Å². The highest BCUT2D eigenvalue weighted by molar-refractivity contribution is 7.10. The Balaban J connectivity index is 1.42. The number of anilines is 1. The summed E-state index contributed by atoms with van der Waals surface area (Å²) in [6, 6.07) is 15.6. The third-order valence-corrected chi connectivity index (χ3v) is 7.62. The Morgan fingerprint density at radius 3 is 2.45 bits per heavy atom. The van der Waals surface area contributed by atoms with E-state index in [0.717, 1.165) is 39.0 Å². The smallest absolute Gasteiger partial charge is 0.223 e. The molecule has 2 N–H and O–H groups in total. The molecule has 2 aliphatic rings. The maximum absolute atomic E-state index is 12.9. The van der Waals surface area contributed by atoms with E-state index in [0.29, 0.717) is 6.04 Å². The van der Waals surface area contributed by atoms with E-state index in [1.165, 1.54) is 29.8 Å². The van der Waals surface area contributed by atoms with Crippen molar-refractivity contribution in [2.75, 3.05) is 31.1 Å². The van der Waals surface area contributed by atoms with Crippen LogP contribution in [0.3, 0.4) is 0 Å². The normalized spacial score (nSPS) is 20.9. The number of piperazine rings is 1. The van der Waals surface area contributed by atoms with Gasteiger partial charge in [0.05, 0.1) is 37.1 Å². The third-order valence-electron chi connectivity index (χ3n) is 6.66. The van der Waals surface area contributed by atoms with Crippen molar-refractivity contribution in [1.29, 1.82) is 0 Å². The van der Waals surface area contributed by atoms with Gasteiger partial charge in [-0.1, -0.05) is 43.5 Å². The number of carbonyl (C=O) groups excluding carboxylic acids is 1. The fourth-order valence-electron chi connectivity index (χ4n) is 5.06. The maximum Gasteiger partial charge on any atom is 0.223 e. The second-order valence-corrected chi connectivity index (χ2v) is 9.59. The molecular formula is C24H34N3OS+. The fraction of sp³-hybridized carbons (Fsp3) is 0.542. The molecule has 156 valence electrons. The molecule has 29 heavy (non-hydrogen) atoms. The highest BCUT2D eigenvalue weighted by Gasteiger charge is 2.35. The van der Waals surface area contributed by atoms with Crippen molar-refractivity contribution in [3.63, 3.8) is 0 Å². The zero-order chi connectivity index (χ0) is 20.1. The molecule has 2 heterocycles. The number of thiophene rings is 1. The van der Waals surface area contributed by atoms with E-state index in [1.54, 1.807) is 4.90 Å². The Bertz CT molecular complexity index is 750. The van der Waals surface area contributed by atoms with Crippen LogP contribution in [-0.4, -0.2) is 38.1 Å². The van der Waals surface area contributed by atoms with Gasteiger partial charge < -0.3 is 15.1 Å². The lowest BCUT2D eigenvalue weighted by atomic mass is 9.88. The lowest BCUT2D eigenvalue weighted by Gasteiger charge is -2.39. The Morgan fingerprint density at radius 1 is 1.07 bits per heavy atom. The summed E-state index contributed by atoms with van der Waals surface area (Å²) in [7, 11) is 0. The Hall–Kier alpha value is -1.85. The van der Waals surface area contributed by atoms with E-state index in [1.807, 2.05) is 11.3 Å². The maximum atomic E-state index is 12.9. The van der Waals surface area contributed by atoms with Gasteiger partial charge in [-0.2, -0.15) is 0 Å². The largest absolute Gasteiger partial charge is 0.360 e. The minimum atomic E-state index is 0.154. The van der Waals surface area contributed by atoms with Gasteiger partial charge in [-0.15, -0.1) is 11.3 Å². The Kier molecular flexibility index (Phi) is 6.88. The summed E-state index contributed by atoms with van der Waals surface area (Å²) in [6.45, 7) is 6.53. The second kappa shape index (κ2) is 9.77. The molecular weight excluding hydrogens is 378 g/mol. The first-order chi connectivity index (χ1) is 14.2. The van der Waals surface area contributed by atoms with Gasteiger partial charge in [-0.05, 0) is 43.3 Å². The van der Waals surface area contributed by atoms with Gasteiger partial charge in [-0.3, -0.25) is 4.79 Å². The minimum Gasteiger partial charge on any atom is -0.360 e. The van der Waals surface area contributed by atoms with E-state index in [4.69, 9.17) is 0 Å². The molecule has 1 saturated carbocycles. The standard InChI is InChI=1S/C24H33N3OS/c1-19(25-24(28)20-9-4-2-5-10-20)23(22-13-8-18-29-22)27-16-14-26(15-17-27)21-11-6-3-7-12-21/h3,6-8,11-13,18-20,23H,2,4-5,9-10,14-17H2,1H3,(H,25,28)/p+1/t19-,23-/m0/s1. The second-order valence-electron chi connectivity index (χ2n) is 8.61. The SMILES string of the molecule is C[C@H](NC(=O)C1CCCCC1)[C@@H](c1cccs1)[NH+]1CCN(c2ccccc2)CC1. The van der Waals surface area contributed by atoms with Crippen LogP contribution >= 0.6 is 11.3 Å². The molecule has 1 saturated heterocycles. The van der Waals surface area contributed by atoms with Crippen LogP contribution in [0.15, 0.2) is 47.8 Å². The number of benzene rings is 1. The summed E-state index contributed by atoms with van der Waals surface area (Å²) in [5, 5.41) is 5.58. The molecule has 1 amide bonds. The Morgan fingerprint density at radius 2 is 1.79 bits per heavy atom. The van der Waals surface area contributed by atoms with Crippen molar-refractivity contribution in [2.45, 2.75) is 51.1 Å². The number of nitrogens with one attached hydrogen (secondary N) is 2. The molecule has 1 aromatic heterocycles. The van der Waals surface area contributed by atoms with Crippen LogP contribution in [0, 0.1) is 5.92 Å². The van der Waals surface area contributed by atoms with Gasteiger partial charge in [0, 0.05) is 11.6 Å². The molecule has 4 rings (SSSR count). The number of nitrogens with zero attached hydrogens (tertiary/aromatic N) is 1. The number of quaternary nitrogens is 1. The van der Waals surface area contributed by atoms with Crippen LogP contribution in [-0.2, 0) is 4.79 Å². The van der Waals surface area contributed by atoms with Gasteiger partial charge in [0.1, 0.15) is 6.04 Å². The summed E-state index contributed by atoms with van der Waals surface area (Å²) in [5.41, 5.74) is 1.32. The fourth-order valence-corrected chi connectivity index (χ4v) is 6.05. The lowest BCUT2D eigenvalue weighted by Crippen LogP contribution is -3.16. The summed E-state index contributed by atoms with van der Waals surface area (Å²) in [4.78, 5) is 18.4. The number of carbonyl (C=O) groups is 1. The van der Waals surface area contributed by atoms with Crippen molar-refractivity contribution in [3.05, 3.63) is 52.7 Å². The molecule has 2 atom stereocenters. The number of rotatable bonds is 6. The molecule has 0 radical (unpaired) electrons. The van der Waals surface area contributed by atoms with Crippen LogP contribution < -0.4 is 15.1 Å². The molecule has 0 bridgehead atoms. The van der Waals surface area contributed by atoms with Crippen LogP contribution in [0.25, 0.3) is 0 Å². The van der Waals surface area contributed by atoms with Crippen LogP contribution in [0.4, 0.5) is 5.69 Å². The molecule has 5 heteroatoms. The number of hydrogen-bond donors (Lipinski definition) is 2. The van der Waals surface area contributed by atoms with Crippen LogP contribution in [0.1, 0.15) is 49.9 Å². The van der Waals surface area contributed by atoms with Crippen molar-refractivity contribution in [2.24, 2.45) is 5.92 Å². The molecule has 1 aliphatic heterocycles. The predicted octanol–water partition coefficient (Wildman–Crippen LogP) is 3.28. The first-order valence-electron chi connectivity index (χ1n) is 11.2. The Labute approximate surface area is 178 Å². The van der Waals surface area contributed by atoms with Crippen molar-refractivity contribution in [1.82, 2.24) is 5.32 Å². The summed E-state index contributed by atoms with van der Waals surface area (Å²) < 4.78 is 0. The first-order valence-corrected chi connectivity index (χ1v) is 12.1. The summed E-state index contributed by atoms with van der Waals surface area (Å²) in [6.07, 6.45) is 5.81. The van der Waals surface area contributed by atoms with E-state index >= 15 is 0 Å². The van der Waals surface area contributed by atoms with Crippen LogP contribution in [0.5, 0.6) is 0 Å². The lowest BCUT2D eigenvalue weighted by molar-refractivity contribution is -0.933. The molecule has 0 spiro atoms. The number of para-hydroxylation sites is 1. The minimum absolute atomic E-state index is 0.154.